The number of hydrogen-bond donors (Lipinski definition) is 2. The van der Waals surface area contributed by atoms with E-state index in [1.54, 1.807) is 0 Å². The molecule has 0 bridgehead atoms. The minimum absolute atomic E-state index is 0.0913. The number of aromatic nitrogens is 2. The molecule has 0 spiro atoms. The van der Waals surface area contributed by atoms with Crippen LogP contribution in [0.25, 0.3) is 0 Å². The van der Waals surface area contributed by atoms with E-state index in [2.05, 4.69) is 4.98 Å². The zero-order valence-electron chi connectivity index (χ0n) is 16.2. The van der Waals surface area contributed by atoms with Gasteiger partial charge in [0.05, 0.1) is 26.1 Å². The summed E-state index contributed by atoms with van der Waals surface area (Å²) in [7, 11) is 0. The predicted octanol–water partition coefficient (Wildman–Crippen LogP) is 1.11. The van der Waals surface area contributed by atoms with E-state index in [0.717, 1.165) is 5.56 Å². The maximum atomic E-state index is 12.1. The number of carboxylic acids is 1. The number of anilines is 1. The van der Waals surface area contributed by atoms with E-state index in [-0.39, 0.29) is 31.7 Å². The molecular weight excluding hydrogens is 394 g/mol. The zero-order valence-corrected chi connectivity index (χ0v) is 16.2. The number of carbonyl (C=O) groups excluding carboxylic acids is 1. The van der Waals surface area contributed by atoms with Gasteiger partial charge in [-0.15, -0.1) is 0 Å². The van der Waals surface area contributed by atoms with Crippen LogP contribution in [0.1, 0.15) is 31.1 Å². The van der Waals surface area contributed by atoms with E-state index < -0.39 is 36.1 Å². The molecule has 160 valence electrons. The molecular formula is C20H23N3O7. The van der Waals surface area contributed by atoms with E-state index in [9.17, 15) is 14.4 Å². The number of nitrogens with two attached hydrogens (primary N) is 1. The summed E-state index contributed by atoms with van der Waals surface area (Å²) in [5.74, 6) is -1.65. The number of aliphatic carboxylic acids is 1. The first-order valence-corrected chi connectivity index (χ1v) is 9.45. The van der Waals surface area contributed by atoms with Gasteiger partial charge in [-0.25, -0.2) is 4.79 Å². The van der Waals surface area contributed by atoms with E-state index in [0.29, 0.717) is 6.61 Å². The molecule has 3 rings (SSSR count). The average molecular weight is 417 g/mol. The van der Waals surface area contributed by atoms with Gasteiger partial charge in [-0.3, -0.25) is 14.2 Å². The van der Waals surface area contributed by atoms with Gasteiger partial charge in [-0.1, -0.05) is 30.3 Å². The summed E-state index contributed by atoms with van der Waals surface area (Å²) in [6.45, 7) is 0.466. The largest absolute Gasteiger partial charge is 0.481 e. The first-order valence-electron chi connectivity index (χ1n) is 9.45. The van der Waals surface area contributed by atoms with Gasteiger partial charge < -0.3 is 25.1 Å². The lowest BCUT2D eigenvalue weighted by molar-refractivity contribution is -0.156. The van der Waals surface area contributed by atoms with Gasteiger partial charge >= 0.3 is 17.6 Å². The van der Waals surface area contributed by atoms with Crippen LogP contribution in [0.3, 0.4) is 0 Å². The monoisotopic (exact) mass is 417 g/mol. The number of carbonyl (C=O) groups is 2. The molecule has 0 radical (unpaired) electrons. The van der Waals surface area contributed by atoms with Crippen molar-refractivity contribution in [2.24, 2.45) is 0 Å². The molecule has 0 aliphatic carbocycles. The smallest absolute Gasteiger partial charge is 0.351 e. The topological polar surface area (TPSA) is 143 Å². The molecule has 1 aliphatic heterocycles. The fourth-order valence-electron chi connectivity index (χ4n) is 3.09. The number of carboxylic acid groups (broad SMARTS) is 1. The summed E-state index contributed by atoms with van der Waals surface area (Å²) >= 11 is 0. The Labute approximate surface area is 172 Å². The fourth-order valence-corrected chi connectivity index (χ4v) is 3.09. The van der Waals surface area contributed by atoms with Crippen molar-refractivity contribution in [1.82, 2.24) is 9.55 Å². The van der Waals surface area contributed by atoms with Gasteiger partial charge in [0.2, 0.25) is 0 Å². The molecule has 1 saturated heterocycles. The Hall–Kier alpha value is -3.24. The number of esters is 1. The maximum Gasteiger partial charge on any atom is 0.351 e. The Balaban J connectivity index is 1.66. The molecule has 0 unspecified atom stereocenters. The molecule has 10 heteroatoms. The average Bonchev–Trinajstić information content (AvgIpc) is 3.09. The third kappa shape index (κ3) is 5.88. The fraction of sp³-hybridized carbons (Fsp3) is 0.400. The summed E-state index contributed by atoms with van der Waals surface area (Å²) in [6.07, 6.45) is -0.957. The van der Waals surface area contributed by atoms with Crippen LogP contribution in [0, 0.1) is 0 Å². The van der Waals surface area contributed by atoms with E-state index in [1.807, 2.05) is 30.3 Å². The van der Waals surface area contributed by atoms with Gasteiger partial charge in [0.25, 0.3) is 0 Å². The molecule has 1 aromatic heterocycles. The second kappa shape index (κ2) is 9.99. The molecule has 1 aromatic carbocycles. The van der Waals surface area contributed by atoms with E-state index >= 15 is 0 Å². The standard InChI is InChI=1S/C20H23N3O7/c21-16-8-9-23(20(27)22-16)17-10-14(30-19(26)7-6-18(24)25)15(29-17)12-28-11-13-4-2-1-3-5-13/h1-5,8-9,14-15,17H,6-7,10-12H2,(H,24,25)(H2,21,22,27)/t14-,15+,17+/m0/s1. The van der Waals surface area contributed by atoms with Crippen molar-refractivity contribution in [3.05, 3.63) is 58.6 Å². The van der Waals surface area contributed by atoms with Gasteiger partial charge in [-0.2, -0.15) is 4.98 Å². The van der Waals surface area contributed by atoms with Crippen molar-refractivity contribution in [3.8, 4) is 0 Å². The number of hydrogen-bond acceptors (Lipinski definition) is 8. The molecule has 2 heterocycles. The lowest BCUT2D eigenvalue weighted by Crippen LogP contribution is -2.31. The van der Waals surface area contributed by atoms with Crippen LogP contribution in [0.4, 0.5) is 5.82 Å². The highest BCUT2D eigenvalue weighted by atomic mass is 16.6. The van der Waals surface area contributed by atoms with Crippen molar-refractivity contribution in [3.63, 3.8) is 0 Å². The molecule has 3 N–H and O–H groups in total. The number of nitrogens with zero attached hydrogens (tertiary/aromatic N) is 2. The summed E-state index contributed by atoms with van der Waals surface area (Å²) in [5, 5.41) is 8.74. The lowest BCUT2D eigenvalue weighted by Gasteiger charge is -2.19. The van der Waals surface area contributed by atoms with Crippen molar-refractivity contribution < 1.29 is 28.9 Å². The maximum absolute atomic E-state index is 12.1. The van der Waals surface area contributed by atoms with Gasteiger partial charge in [-0.05, 0) is 11.6 Å². The van der Waals surface area contributed by atoms with Crippen LogP contribution in [0.2, 0.25) is 0 Å². The second-order valence-electron chi connectivity index (χ2n) is 6.83. The van der Waals surface area contributed by atoms with Crippen LogP contribution >= 0.6 is 0 Å². The van der Waals surface area contributed by atoms with Crippen LogP contribution in [-0.4, -0.2) is 45.4 Å². The lowest BCUT2D eigenvalue weighted by atomic mass is 10.1. The van der Waals surface area contributed by atoms with Crippen molar-refractivity contribution in [1.29, 1.82) is 0 Å². The van der Waals surface area contributed by atoms with E-state index in [1.165, 1.54) is 16.8 Å². The molecule has 1 fully saturated rings. The predicted molar refractivity (Wildman–Crippen MR) is 104 cm³/mol. The summed E-state index contributed by atoms with van der Waals surface area (Å²) in [4.78, 5) is 38.5. The molecule has 0 saturated carbocycles. The Morgan fingerprint density at radius 2 is 2.00 bits per heavy atom. The molecule has 0 amide bonds. The highest BCUT2D eigenvalue weighted by Crippen LogP contribution is 2.30. The van der Waals surface area contributed by atoms with Crippen molar-refractivity contribution in [2.75, 3.05) is 12.3 Å². The van der Waals surface area contributed by atoms with Crippen LogP contribution in [-0.2, 0) is 30.4 Å². The third-order valence-electron chi connectivity index (χ3n) is 4.56. The summed E-state index contributed by atoms with van der Waals surface area (Å²) < 4.78 is 18.3. The zero-order chi connectivity index (χ0) is 21.5. The van der Waals surface area contributed by atoms with Crippen LogP contribution in [0.5, 0.6) is 0 Å². The Morgan fingerprint density at radius 1 is 1.23 bits per heavy atom. The minimum Gasteiger partial charge on any atom is -0.481 e. The normalized spacial score (nSPS) is 20.7. The molecule has 30 heavy (non-hydrogen) atoms. The minimum atomic E-state index is -1.09. The Morgan fingerprint density at radius 3 is 2.70 bits per heavy atom. The van der Waals surface area contributed by atoms with Crippen LogP contribution in [0.15, 0.2) is 47.4 Å². The van der Waals surface area contributed by atoms with E-state index in [4.69, 9.17) is 25.1 Å². The highest BCUT2D eigenvalue weighted by Gasteiger charge is 2.39. The Kier molecular flexibility index (Phi) is 7.15. The number of rotatable bonds is 9. The quantitative estimate of drug-likeness (QED) is 0.573. The van der Waals surface area contributed by atoms with Crippen LogP contribution < -0.4 is 11.4 Å². The van der Waals surface area contributed by atoms with Gasteiger partial charge in [0, 0.05) is 12.6 Å². The van der Waals surface area contributed by atoms with Crippen molar-refractivity contribution in [2.45, 2.75) is 44.3 Å². The first kappa shape index (κ1) is 21.5. The number of benzene rings is 1. The molecule has 1 aliphatic rings. The highest BCUT2D eigenvalue weighted by molar-refractivity contribution is 5.76. The first-order chi connectivity index (χ1) is 14.4. The molecule has 10 nitrogen and oxygen atoms in total. The van der Waals surface area contributed by atoms with Gasteiger partial charge in [0.15, 0.2) is 0 Å². The molecule has 3 atom stereocenters. The third-order valence-corrected chi connectivity index (χ3v) is 4.56. The summed E-state index contributed by atoms with van der Waals surface area (Å²) in [6, 6.07) is 11.0. The second-order valence-corrected chi connectivity index (χ2v) is 6.83. The van der Waals surface area contributed by atoms with Gasteiger partial charge in [0.1, 0.15) is 24.3 Å². The SMILES string of the molecule is Nc1ccn([C@H]2C[C@H](OC(=O)CCC(=O)O)[C@@H](COCc3ccccc3)O2)c(=O)n1. The summed E-state index contributed by atoms with van der Waals surface area (Å²) in [5.41, 5.74) is 5.91. The Bertz CT molecular complexity index is 931. The van der Waals surface area contributed by atoms with Crippen molar-refractivity contribution >= 4 is 17.8 Å². The number of ether oxygens (including phenoxy) is 3. The number of nitrogen functional groups attached to an aromatic ring is 1. The molecule has 2 aromatic rings.